The summed E-state index contributed by atoms with van der Waals surface area (Å²) in [5.41, 5.74) is -0.949. The quantitative estimate of drug-likeness (QED) is 0.791. The van der Waals surface area contributed by atoms with Crippen LogP contribution >= 0.6 is 11.8 Å². The molecule has 0 aliphatic heterocycles. The van der Waals surface area contributed by atoms with Crippen LogP contribution in [0.2, 0.25) is 0 Å². The average Bonchev–Trinajstić information content (AvgIpc) is 1.98. The highest BCUT2D eigenvalue weighted by molar-refractivity contribution is 8.01. The molecule has 4 heteroatoms. The van der Waals surface area contributed by atoms with E-state index in [2.05, 4.69) is 0 Å². The Labute approximate surface area is 95.6 Å². The molecular formula is C11H20O3S. The molecule has 88 valence electrons. The predicted octanol–water partition coefficient (Wildman–Crippen LogP) is 2.59. The lowest BCUT2D eigenvalue weighted by Crippen LogP contribution is -2.28. The van der Waals surface area contributed by atoms with Crippen LogP contribution in [0.4, 0.5) is 0 Å². The van der Waals surface area contributed by atoms with Crippen LogP contribution in [-0.4, -0.2) is 27.4 Å². The Balaban J connectivity index is 4.11. The van der Waals surface area contributed by atoms with E-state index in [-0.39, 0.29) is 17.0 Å². The van der Waals surface area contributed by atoms with Crippen molar-refractivity contribution in [2.24, 2.45) is 5.41 Å². The van der Waals surface area contributed by atoms with Crippen molar-refractivity contribution in [3.8, 4) is 0 Å². The molecule has 0 amide bonds. The Bertz CT molecular complexity index is 251. The van der Waals surface area contributed by atoms with Gasteiger partial charge >= 0.3 is 5.97 Å². The second-order valence-electron chi connectivity index (χ2n) is 5.31. The van der Waals surface area contributed by atoms with E-state index < -0.39 is 11.4 Å². The van der Waals surface area contributed by atoms with Gasteiger partial charge in [0.05, 0.1) is 11.2 Å². The first-order valence-electron chi connectivity index (χ1n) is 4.94. The lowest BCUT2D eigenvalue weighted by atomic mass is 9.88. The fourth-order valence-electron chi connectivity index (χ4n) is 0.917. The normalized spacial score (nSPS) is 12.6. The number of carbonyl (C=O) groups is 2. The standard InChI is InChI=1S/C11H20O3S/c1-10(2,3)15-7-8(12)6-11(4,5)9(13)14/h6-7H2,1-5H3,(H,13,14). The molecule has 0 aromatic rings. The van der Waals surface area contributed by atoms with Crippen molar-refractivity contribution in [3.05, 3.63) is 0 Å². The molecular weight excluding hydrogens is 212 g/mol. The number of carboxylic acid groups (broad SMARTS) is 1. The van der Waals surface area contributed by atoms with E-state index in [1.165, 1.54) is 0 Å². The number of ketones is 1. The zero-order valence-corrected chi connectivity index (χ0v) is 10.9. The second kappa shape index (κ2) is 5.01. The molecule has 0 saturated heterocycles. The molecule has 1 N–H and O–H groups in total. The van der Waals surface area contributed by atoms with Gasteiger partial charge in [-0.05, 0) is 13.8 Å². The van der Waals surface area contributed by atoms with Gasteiger partial charge in [0.1, 0.15) is 5.78 Å². The first kappa shape index (κ1) is 14.5. The number of hydrogen-bond donors (Lipinski definition) is 1. The maximum absolute atomic E-state index is 11.5. The number of Topliss-reactive ketones (excluding diaryl/α,β-unsaturated/α-hetero) is 1. The summed E-state index contributed by atoms with van der Waals surface area (Å²) in [5.74, 6) is -0.529. The summed E-state index contributed by atoms with van der Waals surface area (Å²) in [5, 5.41) is 8.86. The number of carbonyl (C=O) groups excluding carboxylic acids is 1. The summed E-state index contributed by atoms with van der Waals surface area (Å²) in [6.45, 7) is 9.26. The van der Waals surface area contributed by atoms with Crippen molar-refractivity contribution in [1.82, 2.24) is 0 Å². The van der Waals surface area contributed by atoms with Crippen molar-refractivity contribution < 1.29 is 14.7 Å². The third-order valence-corrected chi connectivity index (χ3v) is 3.22. The number of rotatable bonds is 5. The highest BCUT2D eigenvalue weighted by Crippen LogP contribution is 2.26. The number of thioether (sulfide) groups is 1. The molecule has 0 bridgehead atoms. The summed E-state index contributed by atoms with van der Waals surface area (Å²) in [6, 6.07) is 0. The van der Waals surface area contributed by atoms with Crippen molar-refractivity contribution in [2.75, 3.05) is 5.75 Å². The minimum atomic E-state index is -0.949. The zero-order valence-electron chi connectivity index (χ0n) is 10.1. The van der Waals surface area contributed by atoms with Gasteiger partial charge in [-0.25, -0.2) is 0 Å². The van der Waals surface area contributed by atoms with Crippen LogP contribution in [0.25, 0.3) is 0 Å². The highest BCUT2D eigenvalue weighted by atomic mass is 32.2. The van der Waals surface area contributed by atoms with Gasteiger partial charge in [-0.1, -0.05) is 20.8 Å². The smallest absolute Gasteiger partial charge is 0.309 e. The summed E-state index contributed by atoms with van der Waals surface area (Å²) < 4.78 is 0.0447. The summed E-state index contributed by atoms with van der Waals surface area (Å²) in [7, 11) is 0. The molecule has 0 atom stereocenters. The number of aliphatic carboxylic acids is 1. The Morgan fingerprint density at radius 1 is 1.13 bits per heavy atom. The average molecular weight is 232 g/mol. The second-order valence-corrected chi connectivity index (χ2v) is 7.11. The zero-order chi connectivity index (χ0) is 12.3. The van der Waals surface area contributed by atoms with Gasteiger partial charge < -0.3 is 5.11 Å². The molecule has 15 heavy (non-hydrogen) atoms. The van der Waals surface area contributed by atoms with Gasteiger partial charge in [-0.3, -0.25) is 9.59 Å². The van der Waals surface area contributed by atoms with E-state index in [4.69, 9.17) is 5.11 Å². The minimum absolute atomic E-state index is 0.00215. The molecule has 0 aromatic carbocycles. The molecule has 0 heterocycles. The molecule has 0 spiro atoms. The van der Waals surface area contributed by atoms with Crippen LogP contribution in [0.15, 0.2) is 0 Å². The fraction of sp³-hybridized carbons (Fsp3) is 0.818. The van der Waals surface area contributed by atoms with Crippen LogP contribution in [0.1, 0.15) is 41.0 Å². The van der Waals surface area contributed by atoms with Crippen LogP contribution in [0, 0.1) is 5.41 Å². The first-order chi connectivity index (χ1) is 6.54. The van der Waals surface area contributed by atoms with Gasteiger partial charge in [0, 0.05) is 11.2 Å². The third kappa shape index (κ3) is 6.55. The van der Waals surface area contributed by atoms with E-state index in [0.29, 0.717) is 5.75 Å². The number of hydrogen-bond acceptors (Lipinski definition) is 3. The van der Waals surface area contributed by atoms with Crippen LogP contribution in [0.5, 0.6) is 0 Å². The van der Waals surface area contributed by atoms with E-state index in [9.17, 15) is 9.59 Å². The maximum atomic E-state index is 11.5. The van der Waals surface area contributed by atoms with Gasteiger partial charge in [-0.15, -0.1) is 11.8 Å². The Hall–Kier alpha value is -0.510. The third-order valence-electron chi connectivity index (χ3n) is 1.88. The molecule has 0 rings (SSSR count). The first-order valence-corrected chi connectivity index (χ1v) is 5.92. The molecule has 0 radical (unpaired) electrons. The predicted molar refractivity (Wildman–Crippen MR) is 63.3 cm³/mol. The molecule has 0 aliphatic carbocycles. The van der Waals surface area contributed by atoms with Gasteiger partial charge in [0.15, 0.2) is 0 Å². The Kier molecular flexibility index (Phi) is 4.84. The maximum Gasteiger partial charge on any atom is 0.309 e. The lowest BCUT2D eigenvalue weighted by Gasteiger charge is -2.20. The van der Waals surface area contributed by atoms with Gasteiger partial charge in [0.25, 0.3) is 0 Å². The molecule has 0 aliphatic rings. The molecule has 0 unspecified atom stereocenters. The molecule has 0 aromatic heterocycles. The van der Waals surface area contributed by atoms with E-state index in [1.807, 2.05) is 20.8 Å². The van der Waals surface area contributed by atoms with E-state index in [1.54, 1.807) is 25.6 Å². The van der Waals surface area contributed by atoms with Crippen LogP contribution < -0.4 is 0 Å². The lowest BCUT2D eigenvalue weighted by molar-refractivity contribution is -0.149. The summed E-state index contributed by atoms with van der Waals surface area (Å²) in [4.78, 5) is 22.3. The van der Waals surface area contributed by atoms with E-state index >= 15 is 0 Å². The van der Waals surface area contributed by atoms with Gasteiger partial charge in [-0.2, -0.15) is 0 Å². The molecule has 0 fully saturated rings. The van der Waals surface area contributed by atoms with Crippen molar-refractivity contribution in [2.45, 2.75) is 45.8 Å². The minimum Gasteiger partial charge on any atom is -0.481 e. The monoisotopic (exact) mass is 232 g/mol. The summed E-state index contributed by atoms with van der Waals surface area (Å²) in [6.07, 6.45) is 0.103. The van der Waals surface area contributed by atoms with Crippen molar-refractivity contribution >= 4 is 23.5 Å². The topological polar surface area (TPSA) is 54.4 Å². The van der Waals surface area contributed by atoms with Crippen LogP contribution in [0.3, 0.4) is 0 Å². The SMILES string of the molecule is CC(C)(C)SCC(=O)CC(C)(C)C(=O)O. The van der Waals surface area contributed by atoms with Crippen LogP contribution in [-0.2, 0) is 9.59 Å². The highest BCUT2D eigenvalue weighted by Gasteiger charge is 2.30. The number of carboxylic acids is 1. The largest absolute Gasteiger partial charge is 0.481 e. The summed E-state index contributed by atoms with van der Waals surface area (Å²) >= 11 is 1.55. The Morgan fingerprint density at radius 3 is 1.93 bits per heavy atom. The van der Waals surface area contributed by atoms with E-state index in [0.717, 1.165) is 0 Å². The molecule has 3 nitrogen and oxygen atoms in total. The van der Waals surface area contributed by atoms with Gasteiger partial charge in [0.2, 0.25) is 0 Å². The molecule has 0 saturated carbocycles. The fourth-order valence-corrected chi connectivity index (χ4v) is 1.61. The van der Waals surface area contributed by atoms with Crippen molar-refractivity contribution in [1.29, 1.82) is 0 Å². The van der Waals surface area contributed by atoms with Crippen molar-refractivity contribution in [3.63, 3.8) is 0 Å². The Morgan fingerprint density at radius 2 is 1.60 bits per heavy atom.